The van der Waals surface area contributed by atoms with Gasteiger partial charge in [-0.05, 0) is 13.3 Å². The summed E-state index contributed by atoms with van der Waals surface area (Å²) in [6, 6.07) is 0. The molecule has 0 bridgehead atoms. The Morgan fingerprint density at radius 3 is 2.25 bits per heavy atom. The highest BCUT2D eigenvalue weighted by Crippen LogP contribution is 2.11. The lowest BCUT2D eigenvalue weighted by Gasteiger charge is -2.16. The molecule has 0 amide bonds. The van der Waals surface area contributed by atoms with Crippen LogP contribution in [-0.4, -0.2) is 18.9 Å². The van der Waals surface area contributed by atoms with Crippen LogP contribution in [0.15, 0.2) is 0 Å². The van der Waals surface area contributed by atoms with E-state index in [1.165, 1.54) is 39.0 Å². The molecule has 0 fully saturated rings. The molecule has 0 N–H and O–H groups in total. The van der Waals surface area contributed by atoms with Crippen LogP contribution in [0.3, 0.4) is 0 Å². The molecule has 0 aliphatic rings. The van der Waals surface area contributed by atoms with E-state index in [0.29, 0.717) is 6.61 Å². The topological polar surface area (TPSA) is 35.5 Å². The molecule has 0 radical (unpaired) electrons. The molecule has 16 heavy (non-hydrogen) atoms. The molecule has 0 aromatic rings. The maximum Gasteiger partial charge on any atom is 0.304 e. The third-order valence-corrected chi connectivity index (χ3v) is 2.44. The van der Waals surface area contributed by atoms with Crippen molar-refractivity contribution in [2.45, 2.75) is 72.0 Å². The van der Waals surface area contributed by atoms with Gasteiger partial charge in [0, 0.05) is 20.0 Å². The Hall–Kier alpha value is -0.570. The summed E-state index contributed by atoms with van der Waals surface area (Å²) in [5.41, 5.74) is 0. The van der Waals surface area contributed by atoms with Crippen LogP contribution >= 0.6 is 0 Å². The monoisotopic (exact) mass is 230 g/mol. The molecule has 0 spiro atoms. The van der Waals surface area contributed by atoms with E-state index >= 15 is 0 Å². The average Bonchev–Trinajstić information content (AvgIpc) is 2.22. The van der Waals surface area contributed by atoms with Gasteiger partial charge in [0.2, 0.25) is 6.29 Å². The van der Waals surface area contributed by atoms with Crippen molar-refractivity contribution in [2.24, 2.45) is 0 Å². The van der Waals surface area contributed by atoms with Crippen molar-refractivity contribution >= 4 is 5.97 Å². The Balaban J connectivity index is 3.47. The number of carbonyl (C=O) groups excluding carboxylic acids is 1. The summed E-state index contributed by atoms with van der Waals surface area (Å²) in [4.78, 5) is 10.8. The summed E-state index contributed by atoms with van der Waals surface area (Å²) in [5.74, 6) is -0.260. The van der Waals surface area contributed by atoms with Crippen molar-refractivity contribution in [3.63, 3.8) is 0 Å². The van der Waals surface area contributed by atoms with Crippen LogP contribution < -0.4 is 0 Å². The van der Waals surface area contributed by atoms with Gasteiger partial charge in [0.25, 0.3) is 0 Å². The largest absolute Gasteiger partial charge is 0.436 e. The molecule has 1 unspecified atom stereocenters. The zero-order valence-corrected chi connectivity index (χ0v) is 11.0. The summed E-state index contributed by atoms with van der Waals surface area (Å²) in [6.07, 6.45) is 7.92. The van der Waals surface area contributed by atoms with Gasteiger partial charge in [-0.3, -0.25) is 4.79 Å². The first kappa shape index (κ1) is 15.4. The minimum absolute atomic E-state index is 0.260. The van der Waals surface area contributed by atoms with Crippen LogP contribution in [-0.2, 0) is 14.3 Å². The summed E-state index contributed by atoms with van der Waals surface area (Å²) >= 11 is 0. The van der Waals surface area contributed by atoms with E-state index < -0.39 is 0 Å². The maximum atomic E-state index is 10.8. The molecule has 0 rings (SSSR count). The average molecular weight is 230 g/mol. The lowest BCUT2D eigenvalue weighted by Crippen LogP contribution is -2.19. The molecule has 0 saturated carbocycles. The molecule has 0 aliphatic heterocycles. The van der Waals surface area contributed by atoms with Gasteiger partial charge in [-0.1, -0.05) is 39.0 Å². The highest BCUT2D eigenvalue weighted by Gasteiger charge is 2.10. The Morgan fingerprint density at radius 2 is 1.69 bits per heavy atom. The van der Waals surface area contributed by atoms with Gasteiger partial charge in [0.15, 0.2) is 0 Å². The number of hydrogen-bond acceptors (Lipinski definition) is 3. The van der Waals surface area contributed by atoms with Crippen molar-refractivity contribution in [3.8, 4) is 0 Å². The minimum Gasteiger partial charge on any atom is -0.436 e. The van der Waals surface area contributed by atoms with Crippen LogP contribution in [0.5, 0.6) is 0 Å². The Kier molecular flexibility index (Phi) is 10.5. The molecule has 3 heteroatoms. The molecule has 0 aliphatic carbocycles. The third kappa shape index (κ3) is 9.97. The van der Waals surface area contributed by atoms with Crippen molar-refractivity contribution in [2.75, 3.05) is 6.61 Å². The Morgan fingerprint density at radius 1 is 1.06 bits per heavy atom. The first-order valence-electron chi connectivity index (χ1n) is 6.49. The molecule has 0 heterocycles. The van der Waals surface area contributed by atoms with Crippen LogP contribution in [0.2, 0.25) is 0 Å². The van der Waals surface area contributed by atoms with Gasteiger partial charge in [0.05, 0.1) is 0 Å². The molecule has 1 atom stereocenters. The van der Waals surface area contributed by atoms with Crippen LogP contribution in [0.25, 0.3) is 0 Å². The van der Waals surface area contributed by atoms with Crippen molar-refractivity contribution in [1.29, 1.82) is 0 Å². The summed E-state index contributed by atoms with van der Waals surface area (Å²) < 4.78 is 10.4. The number of esters is 1. The van der Waals surface area contributed by atoms with Crippen molar-refractivity contribution < 1.29 is 14.3 Å². The second-order valence-corrected chi connectivity index (χ2v) is 4.05. The van der Waals surface area contributed by atoms with E-state index in [1.807, 2.05) is 6.92 Å². The molecule has 3 nitrogen and oxygen atoms in total. The van der Waals surface area contributed by atoms with Crippen LogP contribution in [0, 0.1) is 0 Å². The van der Waals surface area contributed by atoms with Gasteiger partial charge in [-0.2, -0.15) is 0 Å². The zero-order chi connectivity index (χ0) is 12.2. The fraction of sp³-hybridized carbons (Fsp3) is 0.923. The summed E-state index contributed by atoms with van der Waals surface area (Å²) in [6.45, 7) is 6.14. The smallest absolute Gasteiger partial charge is 0.304 e. The van der Waals surface area contributed by atoms with E-state index in [-0.39, 0.29) is 12.3 Å². The molecule has 0 aromatic carbocycles. The number of hydrogen-bond donors (Lipinski definition) is 0. The second kappa shape index (κ2) is 10.9. The lowest BCUT2D eigenvalue weighted by atomic mass is 10.1. The fourth-order valence-electron chi connectivity index (χ4n) is 1.64. The van der Waals surface area contributed by atoms with E-state index in [1.54, 1.807) is 0 Å². The highest BCUT2D eigenvalue weighted by atomic mass is 16.7. The van der Waals surface area contributed by atoms with E-state index in [0.717, 1.165) is 12.8 Å². The Bertz CT molecular complexity index is 169. The zero-order valence-electron chi connectivity index (χ0n) is 11.0. The van der Waals surface area contributed by atoms with E-state index in [9.17, 15) is 4.79 Å². The number of ether oxygens (including phenoxy) is 2. The number of carbonyl (C=O) groups is 1. The van der Waals surface area contributed by atoms with Gasteiger partial charge in [0.1, 0.15) is 0 Å². The molecule has 0 aromatic heterocycles. The predicted octanol–water partition coefficient (Wildman–Crippen LogP) is 3.66. The van der Waals surface area contributed by atoms with Crippen molar-refractivity contribution in [3.05, 3.63) is 0 Å². The van der Waals surface area contributed by atoms with E-state index in [4.69, 9.17) is 9.47 Å². The maximum absolute atomic E-state index is 10.8. The normalized spacial score (nSPS) is 12.4. The van der Waals surface area contributed by atoms with Gasteiger partial charge >= 0.3 is 5.97 Å². The van der Waals surface area contributed by atoms with Gasteiger partial charge < -0.3 is 9.47 Å². The minimum atomic E-state index is -0.339. The third-order valence-electron chi connectivity index (χ3n) is 2.44. The molecular formula is C13H26O3. The highest BCUT2D eigenvalue weighted by molar-refractivity contribution is 5.66. The second-order valence-electron chi connectivity index (χ2n) is 4.05. The van der Waals surface area contributed by atoms with Gasteiger partial charge in [-0.15, -0.1) is 0 Å². The lowest BCUT2D eigenvalue weighted by molar-refractivity contribution is -0.176. The molecule has 96 valence electrons. The predicted molar refractivity (Wildman–Crippen MR) is 65.2 cm³/mol. The SMILES string of the molecule is CCCCCCCCC(OCC)OC(C)=O. The molecular weight excluding hydrogens is 204 g/mol. The number of rotatable bonds is 10. The first-order chi connectivity index (χ1) is 7.70. The fourth-order valence-corrected chi connectivity index (χ4v) is 1.64. The Labute approximate surface area is 99.5 Å². The first-order valence-corrected chi connectivity index (χ1v) is 6.49. The number of unbranched alkanes of at least 4 members (excludes halogenated alkanes) is 5. The van der Waals surface area contributed by atoms with Crippen LogP contribution in [0.1, 0.15) is 65.7 Å². The van der Waals surface area contributed by atoms with Crippen LogP contribution in [0.4, 0.5) is 0 Å². The van der Waals surface area contributed by atoms with E-state index in [2.05, 4.69) is 6.92 Å². The quantitative estimate of drug-likeness (QED) is 0.326. The standard InChI is InChI=1S/C13H26O3/c1-4-6-7-8-9-10-11-13(15-5-2)16-12(3)14/h13H,4-11H2,1-3H3. The summed E-state index contributed by atoms with van der Waals surface area (Å²) in [5, 5.41) is 0. The molecule has 0 saturated heterocycles. The van der Waals surface area contributed by atoms with Gasteiger partial charge in [-0.25, -0.2) is 0 Å². The summed E-state index contributed by atoms with van der Waals surface area (Å²) in [7, 11) is 0. The van der Waals surface area contributed by atoms with Crippen molar-refractivity contribution in [1.82, 2.24) is 0 Å².